The predicted octanol–water partition coefficient (Wildman–Crippen LogP) is -0.113. The van der Waals surface area contributed by atoms with E-state index < -0.39 is 5.60 Å². The molecule has 0 bridgehead atoms. The van der Waals surface area contributed by atoms with Crippen LogP contribution in [0, 0.1) is 0 Å². The quantitative estimate of drug-likeness (QED) is 0.596. The van der Waals surface area contributed by atoms with Crippen LogP contribution in [0.15, 0.2) is 0 Å². The summed E-state index contributed by atoms with van der Waals surface area (Å²) in [5.41, 5.74) is -1.01. The van der Waals surface area contributed by atoms with Crippen molar-refractivity contribution in [2.45, 2.75) is 44.4 Å². The minimum atomic E-state index is -1.01. The van der Waals surface area contributed by atoms with E-state index in [1.165, 1.54) is 0 Å². The number of aliphatic hydroxyl groups is 2. The maximum atomic E-state index is 9.58. The second kappa shape index (κ2) is 5.07. The summed E-state index contributed by atoms with van der Waals surface area (Å²) in [6, 6.07) is 0.400. The number of aliphatic hydroxyl groups excluding tert-OH is 1. The van der Waals surface area contributed by atoms with Crippen molar-refractivity contribution in [2.24, 2.45) is 0 Å². The zero-order valence-electron chi connectivity index (χ0n) is 8.99. The lowest BCUT2D eigenvalue weighted by molar-refractivity contribution is -0.0145. The highest BCUT2D eigenvalue weighted by atomic mass is 16.5. The van der Waals surface area contributed by atoms with Crippen molar-refractivity contribution in [1.82, 2.24) is 5.32 Å². The molecule has 84 valence electrons. The molecule has 1 aliphatic heterocycles. The lowest BCUT2D eigenvalue weighted by Crippen LogP contribution is -2.47. The summed E-state index contributed by atoms with van der Waals surface area (Å²) in [5, 5.41) is 21.7. The van der Waals surface area contributed by atoms with Gasteiger partial charge >= 0.3 is 0 Å². The summed E-state index contributed by atoms with van der Waals surface area (Å²) in [5.74, 6) is 0. The Morgan fingerprint density at radius 3 is 2.86 bits per heavy atom. The average molecular weight is 203 g/mol. The van der Waals surface area contributed by atoms with E-state index in [1.54, 1.807) is 6.92 Å². The first kappa shape index (κ1) is 11.9. The van der Waals surface area contributed by atoms with Crippen LogP contribution < -0.4 is 5.32 Å². The lowest BCUT2D eigenvalue weighted by Gasteiger charge is -2.30. The smallest absolute Gasteiger partial charge is 0.0972 e. The van der Waals surface area contributed by atoms with Gasteiger partial charge in [-0.15, -0.1) is 0 Å². The van der Waals surface area contributed by atoms with E-state index in [9.17, 15) is 5.11 Å². The highest BCUT2D eigenvalue weighted by Gasteiger charge is 2.23. The summed E-state index contributed by atoms with van der Waals surface area (Å²) in [6.45, 7) is 4.68. The van der Waals surface area contributed by atoms with Crippen molar-refractivity contribution in [3.63, 3.8) is 0 Å². The molecule has 1 aliphatic rings. The highest BCUT2D eigenvalue weighted by Crippen LogP contribution is 2.13. The van der Waals surface area contributed by atoms with Gasteiger partial charge in [-0.25, -0.2) is 0 Å². The Morgan fingerprint density at radius 2 is 2.29 bits per heavy atom. The summed E-state index contributed by atoms with van der Waals surface area (Å²) in [4.78, 5) is 0. The zero-order valence-corrected chi connectivity index (χ0v) is 8.99. The van der Waals surface area contributed by atoms with E-state index >= 15 is 0 Å². The predicted molar refractivity (Wildman–Crippen MR) is 54.1 cm³/mol. The van der Waals surface area contributed by atoms with Crippen molar-refractivity contribution in [1.29, 1.82) is 0 Å². The molecule has 1 rings (SSSR count). The van der Waals surface area contributed by atoms with Crippen LogP contribution in [0.1, 0.15) is 26.7 Å². The Kier molecular flexibility index (Phi) is 4.31. The van der Waals surface area contributed by atoms with Crippen LogP contribution in [0.5, 0.6) is 0 Å². The van der Waals surface area contributed by atoms with E-state index in [2.05, 4.69) is 12.2 Å². The van der Waals surface area contributed by atoms with Gasteiger partial charge < -0.3 is 20.3 Å². The fraction of sp³-hybridized carbons (Fsp3) is 1.00. The molecule has 4 heteroatoms. The third-order valence-corrected chi connectivity index (χ3v) is 2.60. The molecule has 14 heavy (non-hydrogen) atoms. The normalized spacial score (nSPS) is 32.6. The second-order valence-corrected chi connectivity index (χ2v) is 4.44. The fourth-order valence-electron chi connectivity index (χ4n) is 1.60. The van der Waals surface area contributed by atoms with E-state index in [4.69, 9.17) is 9.84 Å². The zero-order chi connectivity index (χ0) is 10.6. The molecule has 0 spiro atoms. The van der Waals surface area contributed by atoms with Crippen LogP contribution in [-0.4, -0.2) is 47.7 Å². The minimum Gasteiger partial charge on any atom is -0.393 e. The van der Waals surface area contributed by atoms with Gasteiger partial charge in [-0.1, -0.05) is 0 Å². The van der Waals surface area contributed by atoms with Gasteiger partial charge in [0.15, 0.2) is 0 Å². The molecular weight excluding hydrogens is 182 g/mol. The van der Waals surface area contributed by atoms with Gasteiger partial charge in [0.1, 0.15) is 0 Å². The van der Waals surface area contributed by atoms with Crippen LogP contribution >= 0.6 is 0 Å². The van der Waals surface area contributed by atoms with Gasteiger partial charge in [0.05, 0.1) is 18.3 Å². The first-order valence-electron chi connectivity index (χ1n) is 5.22. The third-order valence-electron chi connectivity index (χ3n) is 2.60. The summed E-state index contributed by atoms with van der Waals surface area (Å²) >= 11 is 0. The van der Waals surface area contributed by atoms with Crippen LogP contribution in [0.3, 0.4) is 0 Å². The minimum absolute atomic E-state index is 0.210. The molecular formula is C10H21NO3. The Balaban J connectivity index is 2.23. The van der Waals surface area contributed by atoms with Gasteiger partial charge in [0, 0.05) is 19.2 Å². The molecule has 0 aromatic heterocycles. The number of hydrogen-bond acceptors (Lipinski definition) is 4. The first-order valence-corrected chi connectivity index (χ1v) is 5.22. The SMILES string of the molecule is CC1CC(NCC(C)(O)CO)CCO1. The molecule has 1 fully saturated rings. The average Bonchev–Trinajstić information content (AvgIpc) is 2.15. The molecule has 0 aromatic carbocycles. The molecule has 1 saturated heterocycles. The molecule has 0 aliphatic carbocycles. The monoisotopic (exact) mass is 203 g/mol. The van der Waals surface area contributed by atoms with Gasteiger partial charge in [-0.2, -0.15) is 0 Å². The summed E-state index contributed by atoms with van der Waals surface area (Å²) < 4.78 is 5.41. The second-order valence-electron chi connectivity index (χ2n) is 4.44. The van der Waals surface area contributed by atoms with Crippen LogP contribution in [-0.2, 0) is 4.74 Å². The number of hydrogen-bond donors (Lipinski definition) is 3. The Morgan fingerprint density at radius 1 is 1.57 bits per heavy atom. The van der Waals surface area contributed by atoms with Crippen LogP contribution in [0.4, 0.5) is 0 Å². The van der Waals surface area contributed by atoms with E-state index in [-0.39, 0.29) is 6.61 Å². The number of ether oxygens (including phenoxy) is 1. The largest absolute Gasteiger partial charge is 0.393 e. The van der Waals surface area contributed by atoms with Crippen molar-refractivity contribution in [3.8, 4) is 0 Å². The lowest BCUT2D eigenvalue weighted by atomic mass is 10.0. The molecule has 4 nitrogen and oxygen atoms in total. The van der Waals surface area contributed by atoms with Crippen molar-refractivity contribution >= 4 is 0 Å². The molecule has 0 saturated carbocycles. The Bertz CT molecular complexity index is 173. The molecule has 1 heterocycles. The van der Waals surface area contributed by atoms with Gasteiger partial charge in [0.2, 0.25) is 0 Å². The number of rotatable bonds is 4. The summed E-state index contributed by atoms with van der Waals surface area (Å²) in [6.07, 6.45) is 2.24. The van der Waals surface area contributed by atoms with Gasteiger partial charge in [0.25, 0.3) is 0 Å². The van der Waals surface area contributed by atoms with Gasteiger partial charge in [-0.3, -0.25) is 0 Å². The molecule has 0 amide bonds. The summed E-state index contributed by atoms with van der Waals surface area (Å²) in [7, 11) is 0. The molecule has 3 unspecified atom stereocenters. The van der Waals surface area contributed by atoms with Crippen molar-refractivity contribution in [3.05, 3.63) is 0 Å². The van der Waals surface area contributed by atoms with Crippen LogP contribution in [0.2, 0.25) is 0 Å². The maximum absolute atomic E-state index is 9.58. The van der Waals surface area contributed by atoms with Crippen molar-refractivity contribution in [2.75, 3.05) is 19.8 Å². The Hall–Kier alpha value is -0.160. The maximum Gasteiger partial charge on any atom is 0.0972 e. The van der Waals surface area contributed by atoms with Crippen LogP contribution in [0.25, 0.3) is 0 Å². The van der Waals surface area contributed by atoms with E-state index in [0.717, 1.165) is 19.4 Å². The van der Waals surface area contributed by atoms with E-state index in [0.29, 0.717) is 18.7 Å². The standard InChI is InChI=1S/C10H21NO3/c1-8-5-9(3-4-14-8)11-6-10(2,13)7-12/h8-9,11-13H,3-7H2,1-2H3. The molecule has 3 atom stereocenters. The van der Waals surface area contributed by atoms with E-state index in [1.807, 2.05) is 0 Å². The number of nitrogens with one attached hydrogen (secondary N) is 1. The molecule has 3 N–H and O–H groups in total. The van der Waals surface area contributed by atoms with Crippen molar-refractivity contribution < 1.29 is 14.9 Å². The fourth-order valence-corrected chi connectivity index (χ4v) is 1.60. The first-order chi connectivity index (χ1) is 6.53. The third kappa shape index (κ3) is 3.92. The molecule has 0 aromatic rings. The topological polar surface area (TPSA) is 61.7 Å². The molecule has 0 radical (unpaired) electrons. The highest BCUT2D eigenvalue weighted by molar-refractivity contribution is 4.80. The van der Waals surface area contributed by atoms with Gasteiger partial charge in [-0.05, 0) is 26.7 Å². The Labute approximate surface area is 85.3 Å².